The maximum absolute atomic E-state index is 13.5. The van der Waals surface area contributed by atoms with Crippen LogP contribution in [0.4, 0.5) is 5.69 Å². The molecule has 2 saturated heterocycles. The Morgan fingerprint density at radius 2 is 1.61 bits per heavy atom. The van der Waals surface area contributed by atoms with Crippen molar-refractivity contribution in [3.05, 3.63) is 59.7 Å². The highest BCUT2D eigenvalue weighted by atomic mass is 16.5. The van der Waals surface area contributed by atoms with E-state index in [1.54, 1.807) is 23.4 Å². The first-order chi connectivity index (χ1) is 14.9. The van der Waals surface area contributed by atoms with Gasteiger partial charge in [0, 0.05) is 6.92 Å². The zero-order valence-electron chi connectivity index (χ0n) is 16.9. The average Bonchev–Trinajstić information content (AvgIpc) is 3.21. The summed E-state index contributed by atoms with van der Waals surface area (Å²) < 4.78 is 5.02. The molecule has 3 aliphatic heterocycles. The summed E-state index contributed by atoms with van der Waals surface area (Å²) in [4.78, 5) is 51.8. The van der Waals surface area contributed by atoms with Gasteiger partial charge in [0.05, 0.1) is 29.8 Å². The third-order valence-corrected chi connectivity index (χ3v) is 6.07. The molecule has 8 nitrogen and oxygen atoms in total. The van der Waals surface area contributed by atoms with Gasteiger partial charge in [0.2, 0.25) is 11.8 Å². The standard InChI is InChI=1S/C23H19N3O5/c1-12(27)20-18-19(21-17-6-4-3-5-14(17)11-24-26(20)21)23(30)25(22(18)29)15-7-9-16(10-8-15)31-13(2)28/h3-11,18-21H,1-2H3/t18-,19+,20-,21+/m1/s1. The third-order valence-electron chi connectivity index (χ3n) is 6.07. The van der Waals surface area contributed by atoms with Gasteiger partial charge >= 0.3 is 5.97 Å². The molecule has 0 unspecified atom stereocenters. The number of anilines is 1. The number of ether oxygens (including phenoxy) is 1. The molecule has 0 aliphatic carbocycles. The van der Waals surface area contributed by atoms with Crippen molar-refractivity contribution in [2.24, 2.45) is 16.9 Å². The van der Waals surface area contributed by atoms with E-state index in [9.17, 15) is 19.2 Å². The Morgan fingerprint density at radius 1 is 0.935 bits per heavy atom. The van der Waals surface area contributed by atoms with Crippen LogP contribution in [0.2, 0.25) is 0 Å². The summed E-state index contributed by atoms with van der Waals surface area (Å²) in [5, 5.41) is 6.06. The zero-order valence-corrected chi connectivity index (χ0v) is 16.9. The molecule has 2 fully saturated rings. The van der Waals surface area contributed by atoms with E-state index < -0.39 is 35.8 Å². The normalized spacial score (nSPS) is 25.9. The Labute approximate surface area is 178 Å². The van der Waals surface area contributed by atoms with Crippen molar-refractivity contribution in [3.63, 3.8) is 0 Å². The van der Waals surface area contributed by atoms with E-state index >= 15 is 0 Å². The van der Waals surface area contributed by atoms with E-state index in [0.717, 1.165) is 16.0 Å². The van der Waals surface area contributed by atoms with Gasteiger partial charge in [0.15, 0.2) is 5.78 Å². The summed E-state index contributed by atoms with van der Waals surface area (Å²) in [5.74, 6) is -2.66. The first kappa shape index (κ1) is 19.2. The second-order valence-electron chi connectivity index (χ2n) is 7.90. The third kappa shape index (κ3) is 2.78. The van der Waals surface area contributed by atoms with Gasteiger partial charge in [-0.3, -0.25) is 24.2 Å². The molecular weight excluding hydrogens is 398 g/mol. The molecule has 31 heavy (non-hydrogen) atoms. The minimum Gasteiger partial charge on any atom is -0.427 e. The van der Waals surface area contributed by atoms with Crippen LogP contribution < -0.4 is 9.64 Å². The lowest BCUT2D eigenvalue weighted by Crippen LogP contribution is -2.43. The fourth-order valence-corrected chi connectivity index (χ4v) is 4.91. The molecular formula is C23H19N3O5. The highest BCUT2D eigenvalue weighted by Crippen LogP contribution is 2.52. The van der Waals surface area contributed by atoms with Crippen LogP contribution in [-0.4, -0.2) is 40.8 Å². The number of benzene rings is 2. The number of rotatable bonds is 3. The Bertz CT molecular complexity index is 1160. The van der Waals surface area contributed by atoms with Crippen molar-refractivity contribution in [1.82, 2.24) is 5.01 Å². The number of fused-ring (bicyclic) bond motifs is 5. The minimum atomic E-state index is -0.813. The van der Waals surface area contributed by atoms with E-state index in [1.807, 2.05) is 24.3 Å². The second kappa shape index (κ2) is 6.87. The number of Topliss-reactive ketones (excluding diaryl/α,β-unsaturated/α-hetero) is 1. The first-order valence-electron chi connectivity index (χ1n) is 9.96. The summed E-state index contributed by atoms with van der Waals surface area (Å²) in [6.07, 6.45) is 1.67. The van der Waals surface area contributed by atoms with Crippen molar-refractivity contribution in [2.45, 2.75) is 25.9 Å². The number of imide groups is 1. The van der Waals surface area contributed by atoms with Gasteiger partial charge in [0.1, 0.15) is 11.8 Å². The number of carbonyl (C=O) groups is 4. The van der Waals surface area contributed by atoms with Crippen molar-refractivity contribution >= 4 is 35.5 Å². The number of hydrogen-bond acceptors (Lipinski definition) is 7. The number of hydrogen-bond donors (Lipinski definition) is 0. The van der Waals surface area contributed by atoms with Crippen LogP contribution in [-0.2, 0) is 19.2 Å². The number of amides is 2. The van der Waals surface area contributed by atoms with Crippen LogP contribution in [0.25, 0.3) is 0 Å². The predicted molar refractivity (Wildman–Crippen MR) is 110 cm³/mol. The quantitative estimate of drug-likeness (QED) is 0.431. The van der Waals surface area contributed by atoms with Gasteiger partial charge in [-0.2, -0.15) is 5.10 Å². The van der Waals surface area contributed by atoms with E-state index in [4.69, 9.17) is 4.74 Å². The summed E-state index contributed by atoms with van der Waals surface area (Å²) in [5.41, 5.74) is 2.13. The molecule has 0 bridgehead atoms. The monoisotopic (exact) mass is 417 g/mol. The number of hydrazone groups is 1. The molecule has 3 heterocycles. The van der Waals surface area contributed by atoms with Crippen LogP contribution in [0.15, 0.2) is 53.6 Å². The second-order valence-corrected chi connectivity index (χ2v) is 7.90. The van der Waals surface area contributed by atoms with E-state index in [-0.39, 0.29) is 11.7 Å². The SMILES string of the molecule is CC(=O)Oc1ccc(N2C(=O)[C@@H]3[C@H](C2=O)[C@@H]2c4ccccc4C=NN2[C@@H]3C(C)=O)cc1. The summed E-state index contributed by atoms with van der Waals surface area (Å²) >= 11 is 0. The largest absolute Gasteiger partial charge is 0.427 e. The molecule has 156 valence electrons. The molecule has 3 aliphatic rings. The number of carbonyl (C=O) groups excluding carboxylic acids is 4. The number of esters is 1. The van der Waals surface area contributed by atoms with Crippen molar-refractivity contribution in [3.8, 4) is 5.75 Å². The number of ketones is 1. The summed E-state index contributed by atoms with van der Waals surface area (Å²) in [7, 11) is 0. The highest BCUT2D eigenvalue weighted by Gasteiger charge is 2.64. The predicted octanol–water partition coefficient (Wildman–Crippen LogP) is 2.08. The van der Waals surface area contributed by atoms with Gasteiger partial charge in [-0.1, -0.05) is 24.3 Å². The van der Waals surface area contributed by atoms with Gasteiger partial charge < -0.3 is 4.74 Å². The van der Waals surface area contributed by atoms with E-state index in [1.165, 1.54) is 26.0 Å². The lowest BCUT2D eigenvalue weighted by atomic mass is 9.84. The molecule has 0 N–H and O–H groups in total. The zero-order chi connectivity index (χ0) is 21.9. The van der Waals surface area contributed by atoms with Gasteiger partial charge in [-0.15, -0.1) is 0 Å². The van der Waals surface area contributed by atoms with Crippen molar-refractivity contribution in [1.29, 1.82) is 0 Å². The molecule has 0 aromatic heterocycles. The molecule has 0 radical (unpaired) electrons. The Morgan fingerprint density at radius 3 is 2.29 bits per heavy atom. The van der Waals surface area contributed by atoms with Gasteiger partial charge in [0.25, 0.3) is 0 Å². The lowest BCUT2D eigenvalue weighted by Gasteiger charge is -2.33. The maximum atomic E-state index is 13.5. The minimum absolute atomic E-state index is 0.206. The molecule has 4 atom stereocenters. The first-order valence-corrected chi connectivity index (χ1v) is 9.96. The Kier molecular flexibility index (Phi) is 4.25. The molecule has 8 heteroatoms. The smallest absolute Gasteiger partial charge is 0.308 e. The van der Waals surface area contributed by atoms with E-state index in [0.29, 0.717) is 11.4 Å². The highest BCUT2D eigenvalue weighted by molar-refractivity contribution is 6.24. The van der Waals surface area contributed by atoms with Gasteiger partial charge in [-0.05, 0) is 42.3 Å². The molecule has 2 aromatic carbocycles. The average molecular weight is 417 g/mol. The van der Waals surface area contributed by atoms with Crippen LogP contribution in [0.1, 0.15) is 31.0 Å². The molecule has 2 aromatic rings. The fourth-order valence-electron chi connectivity index (χ4n) is 4.91. The molecule has 0 spiro atoms. The van der Waals surface area contributed by atoms with Crippen LogP contribution in [0.5, 0.6) is 5.75 Å². The van der Waals surface area contributed by atoms with Crippen LogP contribution in [0.3, 0.4) is 0 Å². The van der Waals surface area contributed by atoms with Crippen molar-refractivity contribution in [2.75, 3.05) is 4.90 Å². The van der Waals surface area contributed by atoms with Crippen LogP contribution >= 0.6 is 0 Å². The fraction of sp³-hybridized carbons (Fsp3) is 0.261. The van der Waals surface area contributed by atoms with E-state index in [2.05, 4.69) is 5.10 Å². The van der Waals surface area contributed by atoms with Crippen molar-refractivity contribution < 1.29 is 23.9 Å². The topological polar surface area (TPSA) is 96.3 Å². The number of nitrogens with zero attached hydrogens (tertiary/aromatic N) is 3. The summed E-state index contributed by atoms with van der Waals surface area (Å²) in [6, 6.07) is 12.5. The molecule has 5 rings (SSSR count). The maximum Gasteiger partial charge on any atom is 0.308 e. The summed E-state index contributed by atoms with van der Waals surface area (Å²) in [6.45, 7) is 2.72. The Balaban J connectivity index is 1.56. The van der Waals surface area contributed by atoms with Crippen LogP contribution in [0, 0.1) is 11.8 Å². The molecule has 0 saturated carbocycles. The van der Waals surface area contributed by atoms with Gasteiger partial charge in [-0.25, -0.2) is 4.90 Å². The lowest BCUT2D eigenvalue weighted by molar-refractivity contribution is -0.132. The Hall–Kier alpha value is -3.81. The molecule has 2 amide bonds.